The minimum atomic E-state index is -0.420. The maximum absolute atomic E-state index is 12.4. The fraction of sp³-hybridized carbons (Fsp3) is 0.480. The minimum absolute atomic E-state index is 0.0712. The Kier molecular flexibility index (Phi) is 7.46. The van der Waals surface area contributed by atoms with Gasteiger partial charge in [0.05, 0.1) is 43.5 Å². The fourth-order valence-electron chi connectivity index (χ4n) is 4.66. The topological polar surface area (TPSA) is 123 Å². The van der Waals surface area contributed by atoms with Crippen molar-refractivity contribution in [2.75, 3.05) is 43.1 Å². The van der Waals surface area contributed by atoms with Crippen molar-refractivity contribution in [3.63, 3.8) is 0 Å². The van der Waals surface area contributed by atoms with Gasteiger partial charge in [0, 0.05) is 43.4 Å². The van der Waals surface area contributed by atoms with E-state index in [2.05, 4.69) is 28.5 Å². The third-order valence-corrected chi connectivity index (χ3v) is 6.38. The number of rotatable bonds is 5. The van der Waals surface area contributed by atoms with Crippen molar-refractivity contribution >= 4 is 23.4 Å². The van der Waals surface area contributed by atoms with Crippen LogP contribution in [0.3, 0.4) is 0 Å². The van der Waals surface area contributed by atoms with Gasteiger partial charge in [0.15, 0.2) is 5.82 Å². The second-order valence-corrected chi connectivity index (χ2v) is 8.75. The van der Waals surface area contributed by atoms with E-state index in [0.29, 0.717) is 50.8 Å². The first-order valence-electron chi connectivity index (χ1n) is 12.0. The highest BCUT2D eigenvalue weighted by atomic mass is 16.5. The average molecular weight is 478 g/mol. The number of ether oxygens (including phenoxy) is 1. The number of carbonyl (C=O) groups excluding carboxylic acids is 2. The molecule has 10 nitrogen and oxygen atoms in total. The second-order valence-electron chi connectivity index (χ2n) is 8.75. The Morgan fingerprint density at radius 3 is 2.66 bits per heavy atom. The van der Waals surface area contributed by atoms with Gasteiger partial charge in [-0.25, -0.2) is 14.8 Å². The molecule has 2 aliphatic rings. The summed E-state index contributed by atoms with van der Waals surface area (Å²) in [6.07, 6.45) is 0.794. The van der Waals surface area contributed by atoms with Crippen LogP contribution in [0.1, 0.15) is 44.5 Å². The molecule has 1 unspecified atom stereocenters. The number of anilines is 2. The molecule has 10 heteroatoms. The Hall–Kier alpha value is -3.71. The zero-order valence-corrected chi connectivity index (χ0v) is 20.4. The van der Waals surface area contributed by atoms with Gasteiger partial charge in [0.1, 0.15) is 5.82 Å². The zero-order chi connectivity index (χ0) is 24.9. The summed E-state index contributed by atoms with van der Waals surface area (Å²) in [5, 5.41) is 15.0. The fourth-order valence-corrected chi connectivity index (χ4v) is 4.66. The van der Waals surface area contributed by atoms with E-state index in [4.69, 9.17) is 14.7 Å². The molecule has 0 saturated carbocycles. The molecule has 1 fully saturated rings. The molecule has 1 saturated heterocycles. The molecule has 2 atom stereocenters. The normalized spacial score (nSPS) is 19.5. The van der Waals surface area contributed by atoms with Crippen LogP contribution < -0.4 is 15.5 Å². The number of fused-ring (bicyclic) bond motifs is 1. The van der Waals surface area contributed by atoms with E-state index in [1.807, 2.05) is 19.1 Å². The van der Waals surface area contributed by atoms with Gasteiger partial charge in [-0.05, 0) is 44.5 Å². The molecule has 0 radical (unpaired) electrons. The summed E-state index contributed by atoms with van der Waals surface area (Å²) < 4.78 is 5.64. The average Bonchev–Trinajstić information content (AvgIpc) is 2.84. The number of nitrogens with zero attached hydrogens (tertiary/aromatic N) is 5. The molecule has 2 N–H and O–H groups in total. The Labute approximate surface area is 205 Å². The first-order valence-corrected chi connectivity index (χ1v) is 12.0. The van der Waals surface area contributed by atoms with Crippen molar-refractivity contribution in [2.24, 2.45) is 0 Å². The number of hydrogen-bond acceptors (Lipinski definition) is 7. The van der Waals surface area contributed by atoms with Crippen LogP contribution in [0.2, 0.25) is 0 Å². The summed E-state index contributed by atoms with van der Waals surface area (Å²) in [6.45, 7) is 8.49. The van der Waals surface area contributed by atoms with Crippen molar-refractivity contribution in [3.05, 3.63) is 35.5 Å². The molecule has 2 aromatic rings. The lowest BCUT2D eigenvalue weighted by Crippen LogP contribution is -2.46. The first kappa shape index (κ1) is 24.4. The first-order chi connectivity index (χ1) is 16.9. The summed E-state index contributed by atoms with van der Waals surface area (Å²) in [6, 6.07) is 9.02. The monoisotopic (exact) mass is 477 g/mol. The molecular weight excluding hydrogens is 446 g/mol. The predicted octanol–water partition coefficient (Wildman–Crippen LogP) is 2.87. The Morgan fingerprint density at radius 2 is 2.00 bits per heavy atom. The number of morpholine rings is 1. The number of hydrogen-bond donors (Lipinski definition) is 2. The second kappa shape index (κ2) is 10.7. The molecular formula is C25H31N7O3. The maximum atomic E-state index is 12.4. The van der Waals surface area contributed by atoms with Gasteiger partial charge < -0.3 is 25.2 Å². The van der Waals surface area contributed by atoms with Gasteiger partial charge in [-0.3, -0.25) is 4.79 Å². The molecule has 4 rings (SSSR count). The Bertz CT molecular complexity index is 1130. The molecule has 1 aromatic heterocycles. The zero-order valence-electron chi connectivity index (χ0n) is 20.4. The standard InChI is InChI=1S/C25H31N7O3/c1-4-27-25(34)28-19-7-5-18(6-8-19)23-29-22-20(10-12-32(17(3)33)21(22)9-11-26)24(30-23)31-13-14-35-15-16(31)2/h5-8,16,21H,4,9-10,12-15H2,1-3H3,(H2,27,28,34)/t16-,21?/m0/s1. The number of aromatic nitrogens is 2. The highest BCUT2D eigenvalue weighted by molar-refractivity contribution is 5.89. The van der Waals surface area contributed by atoms with Crippen LogP contribution in [-0.2, 0) is 16.0 Å². The number of urea groups is 1. The van der Waals surface area contributed by atoms with E-state index in [0.717, 1.165) is 22.6 Å². The molecule has 35 heavy (non-hydrogen) atoms. The van der Waals surface area contributed by atoms with Gasteiger partial charge in [-0.1, -0.05) is 0 Å². The SMILES string of the molecule is CCNC(=O)Nc1ccc(-c2nc3c(c(N4CCOC[C@@H]4C)n2)CCN(C(C)=O)C3CC#N)cc1. The summed E-state index contributed by atoms with van der Waals surface area (Å²) >= 11 is 0. The van der Waals surface area contributed by atoms with E-state index < -0.39 is 6.04 Å². The highest BCUT2D eigenvalue weighted by Gasteiger charge is 2.35. The summed E-state index contributed by atoms with van der Waals surface area (Å²) in [7, 11) is 0. The van der Waals surface area contributed by atoms with Crippen molar-refractivity contribution in [1.29, 1.82) is 5.26 Å². The molecule has 1 aromatic carbocycles. The lowest BCUT2D eigenvalue weighted by atomic mass is 9.94. The molecule has 0 aliphatic carbocycles. The van der Waals surface area contributed by atoms with Gasteiger partial charge in [-0.2, -0.15) is 5.26 Å². The van der Waals surface area contributed by atoms with Gasteiger partial charge in [-0.15, -0.1) is 0 Å². The van der Waals surface area contributed by atoms with Crippen molar-refractivity contribution in [3.8, 4) is 17.5 Å². The maximum Gasteiger partial charge on any atom is 0.319 e. The van der Waals surface area contributed by atoms with Crippen LogP contribution in [0, 0.1) is 11.3 Å². The van der Waals surface area contributed by atoms with Crippen LogP contribution >= 0.6 is 0 Å². The largest absolute Gasteiger partial charge is 0.377 e. The van der Waals surface area contributed by atoms with Crippen LogP contribution in [0.15, 0.2) is 24.3 Å². The van der Waals surface area contributed by atoms with Crippen molar-refractivity contribution in [2.45, 2.75) is 45.7 Å². The van der Waals surface area contributed by atoms with Gasteiger partial charge in [0.2, 0.25) is 5.91 Å². The summed E-state index contributed by atoms with van der Waals surface area (Å²) in [5.74, 6) is 1.30. The summed E-state index contributed by atoms with van der Waals surface area (Å²) in [4.78, 5) is 38.1. The van der Waals surface area contributed by atoms with Crippen molar-refractivity contribution < 1.29 is 14.3 Å². The van der Waals surface area contributed by atoms with Crippen LogP contribution in [0.25, 0.3) is 11.4 Å². The van der Waals surface area contributed by atoms with E-state index in [1.54, 1.807) is 17.0 Å². The van der Waals surface area contributed by atoms with E-state index >= 15 is 0 Å². The van der Waals surface area contributed by atoms with Gasteiger partial charge >= 0.3 is 6.03 Å². The van der Waals surface area contributed by atoms with Crippen LogP contribution in [0.5, 0.6) is 0 Å². The molecule has 0 spiro atoms. The highest BCUT2D eigenvalue weighted by Crippen LogP contribution is 2.37. The van der Waals surface area contributed by atoms with Gasteiger partial charge in [0.25, 0.3) is 0 Å². The van der Waals surface area contributed by atoms with E-state index in [-0.39, 0.29) is 24.4 Å². The third-order valence-electron chi connectivity index (χ3n) is 6.38. The Morgan fingerprint density at radius 1 is 1.23 bits per heavy atom. The minimum Gasteiger partial charge on any atom is -0.377 e. The lowest BCUT2D eigenvalue weighted by molar-refractivity contribution is -0.131. The number of carbonyl (C=O) groups is 2. The number of amides is 3. The van der Waals surface area contributed by atoms with Crippen LogP contribution in [0.4, 0.5) is 16.3 Å². The number of nitriles is 1. The summed E-state index contributed by atoms with van der Waals surface area (Å²) in [5.41, 5.74) is 3.17. The quantitative estimate of drug-likeness (QED) is 0.679. The molecule has 2 aliphatic heterocycles. The smallest absolute Gasteiger partial charge is 0.319 e. The Balaban J connectivity index is 1.78. The molecule has 3 amide bonds. The van der Waals surface area contributed by atoms with Crippen LogP contribution in [-0.4, -0.2) is 65.7 Å². The molecule has 3 heterocycles. The third kappa shape index (κ3) is 5.20. The van der Waals surface area contributed by atoms with Crippen molar-refractivity contribution in [1.82, 2.24) is 20.2 Å². The predicted molar refractivity (Wildman–Crippen MR) is 132 cm³/mol. The molecule has 184 valence electrons. The number of benzene rings is 1. The lowest BCUT2D eigenvalue weighted by Gasteiger charge is -2.40. The molecule has 0 bridgehead atoms. The van der Waals surface area contributed by atoms with E-state index in [9.17, 15) is 14.9 Å². The number of nitrogens with one attached hydrogen (secondary N) is 2. The van der Waals surface area contributed by atoms with E-state index in [1.165, 1.54) is 6.92 Å².